The fourth-order valence-electron chi connectivity index (χ4n) is 2.93. The Balaban J connectivity index is 1.86. The van der Waals surface area contributed by atoms with Crippen LogP contribution in [-0.2, 0) is 0 Å². The highest BCUT2D eigenvalue weighted by molar-refractivity contribution is 5.57. The summed E-state index contributed by atoms with van der Waals surface area (Å²) in [6, 6.07) is 6.04. The summed E-state index contributed by atoms with van der Waals surface area (Å²) in [7, 11) is 3.84. The average molecular weight is 305 g/mol. The van der Waals surface area contributed by atoms with Gasteiger partial charge in [-0.2, -0.15) is 0 Å². The van der Waals surface area contributed by atoms with Gasteiger partial charge in [-0.1, -0.05) is 17.3 Å². The average Bonchev–Trinajstić information content (AvgIpc) is 2.99. The quantitative estimate of drug-likeness (QED) is 0.865. The van der Waals surface area contributed by atoms with Crippen LogP contribution in [0.15, 0.2) is 30.5 Å². The van der Waals surface area contributed by atoms with Crippen LogP contribution in [0.4, 0.5) is 4.39 Å². The summed E-state index contributed by atoms with van der Waals surface area (Å²) in [4.78, 5) is 2.14. The number of aliphatic hydroxyl groups is 1. The van der Waals surface area contributed by atoms with Gasteiger partial charge in [-0.15, -0.1) is 5.10 Å². The van der Waals surface area contributed by atoms with E-state index in [1.807, 2.05) is 14.1 Å². The maximum absolute atomic E-state index is 13.3. The maximum Gasteiger partial charge on any atom is 0.123 e. The first-order valence-corrected chi connectivity index (χ1v) is 7.30. The second kappa shape index (κ2) is 6.12. The van der Waals surface area contributed by atoms with Crippen LogP contribution < -0.4 is 5.32 Å². The molecule has 0 spiro atoms. The lowest BCUT2D eigenvalue weighted by molar-refractivity contribution is 0.00916. The van der Waals surface area contributed by atoms with Crippen LogP contribution in [-0.4, -0.2) is 64.3 Å². The van der Waals surface area contributed by atoms with E-state index < -0.39 is 6.10 Å². The fourth-order valence-corrected chi connectivity index (χ4v) is 2.93. The molecule has 0 bridgehead atoms. The van der Waals surface area contributed by atoms with Gasteiger partial charge in [0.05, 0.1) is 18.3 Å². The summed E-state index contributed by atoms with van der Waals surface area (Å²) < 4.78 is 15.0. The Morgan fingerprint density at radius 1 is 1.36 bits per heavy atom. The number of likely N-dealkylation sites (tertiary alicyclic amines) is 1. The lowest BCUT2D eigenvalue weighted by atomic mass is 9.98. The summed E-state index contributed by atoms with van der Waals surface area (Å²) in [5.74, 6) is -0.306. The maximum atomic E-state index is 13.3. The van der Waals surface area contributed by atoms with Crippen molar-refractivity contribution in [1.29, 1.82) is 0 Å². The lowest BCUT2D eigenvalue weighted by Crippen LogP contribution is -2.56. The Morgan fingerprint density at radius 3 is 2.91 bits per heavy atom. The molecule has 22 heavy (non-hydrogen) atoms. The van der Waals surface area contributed by atoms with Crippen LogP contribution in [0.1, 0.15) is 6.04 Å². The molecule has 1 aliphatic rings. The SMILES string of the molecule is CN[C@@H]1CN(C)C[C@H](n2cc(-c3cccc(F)c3)nn2)[C@H]1O. The number of nitrogens with zero attached hydrogens (tertiary/aromatic N) is 4. The van der Waals surface area contributed by atoms with Crippen molar-refractivity contribution in [3.8, 4) is 11.3 Å². The standard InChI is InChI=1S/C15H20FN5O/c1-17-13-7-20(2)9-14(15(13)22)21-8-12(18-19-21)10-4-3-5-11(16)6-10/h3-6,8,13-15,17,22H,7,9H2,1-2H3/t13-,14+,15+/m1/s1. The Hall–Kier alpha value is -1.83. The molecular formula is C15H20FN5O. The third-order valence-electron chi connectivity index (χ3n) is 4.15. The van der Waals surface area contributed by atoms with E-state index in [2.05, 4.69) is 20.5 Å². The van der Waals surface area contributed by atoms with E-state index >= 15 is 0 Å². The zero-order valence-electron chi connectivity index (χ0n) is 12.6. The topological polar surface area (TPSA) is 66.2 Å². The predicted octanol–water partition coefficient (Wildman–Crippen LogP) is 0.520. The van der Waals surface area contributed by atoms with E-state index in [1.54, 1.807) is 23.0 Å². The number of rotatable bonds is 3. The van der Waals surface area contributed by atoms with Crippen molar-refractivity contribution in [3.63, 3.8) is 0 Å². The van der Waals surface area contributed by atoms with Crippen LogP contribution in [0, 0.1) is 5.82 Å². The van der Waals surface area contributed by atoms with Gasteiger partial charge in [0.2, 0.25) is 0 Å². The van der Waals surface area contributed by atoms with Crippen molar-refractivity contribution in [1.82, 2.24) is 25.2 Å². The highest BCUT2D eigenvalue weighted by atomic mass is 19.1. The molecule has 0 amide bonds. The van der Waals surface area contributed by atoms with Crippen molar-refractivity contribution >= 4 is 0 Å². The van der Waals surface area contributed by atoms with Gasteiger partial charge in [-0.05, 0) is 26.2 Å². The first-order chi connectivity index (χ1) is 10.6. The molecule has 0 unspecified atom stereocenters. The van der Waals surface area contributed by atoms with Crippen LogP contribution in [0.25, 0.3) is 11.3 Å². The molecule has 1 aromatic carbocycles. The summed E-state index contributed by atoms with van der Waals surface area (Å²) in [5, 5.41) is 21.9. The number of hydrogen-bond acceptors (Lipinski definition) is 5. The number of hydrogen-bond donors (Lipinski definition) is 2. The second-order valence-corrected chi connectivity index (χ2v) is 5.77. The molecule has 1 fully saturated rings. The zero-order chi connectivity index (χ0) is 15.7. The molecule has 7 heteroatoms. The van der Waals surface area contributed by atoms with Gasteiger partial charge in [0.25, 0.3) is 0 Å². The normalized spacial score (nSPS) is 26.3. The summed E-state index contributed by atoms with van der Waals surface area (Å²) >= 11 is 0. The highest BCUT2D eigenvalue weighted by Gasteiger charge is 2.35. The molecule has 6 nitrogen and oxygen atoms in total. The number of benzene rings is 1. The van der Waals surface area contributed by atoms with Gasteiger partial charge in [0, 0.05) is 24.7 Å². The first-order valence-electron chi connectivity index (χ1n) is 7.30. The minimum Gasteiger partial charge on any atom is -0.389 e. The molecule has 0 saturated carbocycles. The van der Waals surface area contributed by atoms with Crippen molar-refractivity contribution in [2.45, 2.75) is 18.2 Å². The first kappa shape index (κ1) is 15.1. The smallest absolute Gasteiger partial charge is 0.123 e. The summed E-state index contributed by atoms with van der Waals surface area (Å²) in [5.41, 5.74) is 1.27. The third kappa shape index (κ3) is 2.87. The molecule has 1 aliphatic heterocycles. The van der Waals surface area contributed by atoms with Crippen molar-refractivity contribution in [2.75, 3.05) is 27.2 Å². The van der Waals surface area contributed by atoms with E-state index in [0.717, 1.165) is 6.54 Å². The van der Waals surface area contributed by atoms with Crippen LogP contribution in [0.3, 0.4) is 0 Å². The molecule has 0 aliphatic carbocycles. The minimum atomic E-state index is -0.553. The Bertz CT molecular complexity index is 646. The van der Waals surface area contributed by atoms with E-state index in [1.165, 1.54) is 12.1 Å². The van der Waals surface area contributed by atoms with Gasteiger partial charge >= 0.3 is 0 Å². The Morgan fingerprint density at radius 2 is 2.18 bits per heavy atom. The van der Waals surface area contributed by atoms with Gasteiger partial charge in [-0.25, -0.2) is 9.07 Å². The molecule has 3 atom stereocenters. The van der Waals surface area contributed by atoms with Gasteiger partial charge in [0.1, 0.15) is 11.5 Å². The summed E-state index contributed by atoms with van der Waals surface area (Å²) in [6.45, 7) is 1.46. The van der Waals surface area contributed by atoms with Crippen LogP contribution in [0.5, 0.6) is 0 Å². The van der Waals surface area contributed by atoms with Crippen molar-refractivity contribution < 1.29 is 9.50 Å². The lowest BCUT2D eigenvalue weighted by Gasteiger charge is -2.39. The van der Waals surface area contributed by atoms with Crippen molar-refractivity contribution in [2.24, 2.45) is 0 Å². The van der Waals surface area contributed by atoms with Gasteiger partial charge in [0.15, 0.2) is 0 Å². The van der Waals surface area contributed by atoms with Gasteiger partial charge in [-0.3, -0.25) is 0 Å². The molecule has 0 radical (unpaired) electrons. The number of likely N-dealkylation sites (N-methyl/N-ethyl adjacent to an activating group) is 2. The number of piperidine rings is 1. The fraction of sp³-hybridized carbons (Fsp3) is 0.467. The zero-order valence-corrected chi connectivity index (χ0v) is 12.6. The monoisotopic (exact) mass is 305 g/mol. The number of aliphatic hydroxyl groups excluding tert-OH is 1. The molecule has 2 N–H and O–H groups in total. The number of halogens is 1. The van der Waals surface area contributed by atoms with Crippen LogP contribution in [0.2, 0.25) is 0 Å². The predicted molar refractivity (Wildman–Crippen MR) is 80.8 cm³/mol. The van der Waals surface area contributed by atoms with E-state index in [9.17, 15) is 9.50 Å². The summed E-state index contributed by atoms with van der Waals surface area (Å²) in [6.07, 6.45) is 1.21. The Kier molecular flexibility index (Phi) is 4.19. The molecule has 1 aromatic heterocycles. The Labute approximate surface area is 128 Å². The van der Waals surface area contributed by atoms with Gasteiger partial charge < -0.3 is 15.3 Å². The number of aromatic nitrogens is 3. The number of nitrogens with one attached hydrogen (secondary N) is 1. The second-order valence-electron chi connectivity index (χ2n) is 5.77. The molecule has 2 aromatic rings. The van der Waals surface area contributed by atoms with E-state index in [-0.39, 0.29) is 17.9 Å². The molecular weight excluding hydrogens is 285 g/mol. The molecule has 2 heterocycles. The van der Waals surface area contributed by atoms with Crippen LogP contribution >= 0.6 is 0 Å². The molecule has 1 saturated heterocycles. The van der Waals surface area contributed by atoms with E-state index in [4.69, 9.17) is 0 Å². The minimum absolute atomic E-state index is 0.0226. The van der Waals surface area contributed by atoms with Crippen molar-refractivity contribution in [3.05, 3.63) is 36.3 Å². The van der Waals surface area contributed by atoms with E-state index in [0.29, 0.717) is 17.8 Å². The largest absolute Gasteiger partial charge is 0.389 e. The molecule has 3 rings (SSSR count). The highest BCUT2D eigenvalue weighted by Crippen LogP contribution is 2.23. The third-order valence-corrected chi connectivity index (χ3v) is 4.15. The molecule has 118 valence electrons.